The number of hydrogen-bond acceptors (Lipinski definition) is 2. The van der Waals surface area contributed by atoms with Crippen molar-refractivity contribution in [3.8, 4) is 0 Å². The summed E-state index contributed by atoms with van der Waals surface area (Å²) in [6.07, 6.45) is 8.03. The van der Waals surface area contributed by atoms with E-state index in [1.807, 2.05) is 0 Å². The quantitative estimate of drug-likeness (QED) is 0.604. The van der Waals surface area contributed by atoms with Crippen molar-refractivity contribution in [3.63, 3.8) is 0 Å². The molecule has 0 radical (unpaired) electrons. The molecule has 0 unspecified atom stereocenters. The van der Waals surface area contributed by atoms with E-state index in [1.54, 1.807) is 0 Å². The summed E-state index contributed by atoms with van der Waals surface area (Å²) < 4.78 is 0. The van der Waals surface area contributed by atoms with E-state index in [1.165, 1.54) is 19.3 Å². The first-order valence-corrected chi connectivity index (χ1v) is 6.07. The van der Waals surface area contributed by atoms with Crippen LogP contribution in [0.15, 0.2) is 0 Å². The molecule has 1 aliphatic carbocycles. The number of rotatable bonds is 5. The van der Waals surface area contributed by atoms with Gasteiger partial charge in [-0.3, -0.25) is 0 Å². The van der Waals surface area contributed by atoms with Crippen LogP contribution in [-0.4, -0.2) is 25.2 Å². The maximum Gasteiger partial charge on any atom is 0.315 e. The summed E-state index contributed by atoms with van der Waals surface area (Å²) in [7, 11) is 0. The van der Waals surface area contributed by atoms with E-state index in [4.69, 9.17) is 5.73 Å². The minimum absolute atomic E-state index is 0.0149. The maximum absolute atomic E-state index is 11.4. The van der Waals surface area contributed by atoms with E-state index >= 15 is 0 Å². The number of carbonyl (C=O) groups excluding carboxylic acids is 1. The van der Waals surface area contributed by atoms with Gasteiger partial charge in [0.15, 0.2) is 0 Å². The summed E-state index contributed by atoms with van der Waals surface area (Å²) in [6, 6.07) is 0.382. The average molecular weight is 213 g/mol. The van der Waals surface area contributed by atoms with Crippen molar-refractivity contribution in [2.45, 2.75) is 51.0 Å². The third-order valence-electron chi connectivity index (χ3n) is 2.86. The fourth-order valence-corrected chi connectivity index (χ4v) is 1.95. The van der Waals surface area contributed by atoms with Crippen molar-refractivity contribution in [1.29, 1.82) is 0 Å². The summed E-state index contributed by atoms with van der Waals surface area (Å²) in [5, 5.41) is 5.87. The maximum atomic E-state index is 11.4. The van der Waals surface area contributed by atoms with Crippen LogP contribution in [0.2, 0.25) is 0 Å². The molecule has 0 aromatic rings. The van der Waals surface area contributed by atoms with Gasteiger partial charge in [-0.1, -0.05) is 19.3 Å². The SMILES string of the molecule is NCCCCNC(=O)NC1CCCCC1. The highest BCUT2D eigenvalue weighted by Gasteiger charge is 2.14. The van der Waals surface area contributed by atoms with E-state index in [2.05, 4.69) is 10.6 Å². The molecule has 4 N–H and O–H groups in total. The lowest BCUT2D eigenvalue weighted by Crippen LogP contribution is -2.43. The van der Waals surface area contributed by atoms with E-state index < -0.39 is 0 Å². The predicted molar refractivity (Wildman–Crippen MR) is 61.7 cm³/mol. The number of hydrogen-bond donors (Lipinski definition) is 3. The van der Waals surface area contributed by atoms with Gasteiger partial charge in [0, 0.05) is 12.6 Å². The largest absolute Gasteiger partial charge is 0.338 e. The zero-order chi connectivity index (χ0) is 10.9. The van der Waals surface area contributed by atoms with Crippen LogP contribution in [0.5, 0.6) is 0 Å². The molecule has 1 aliphatic rings. The Bertz CT molecular complexity index is 179. The van der Waals surface area contributed by atoms with Gasteiger partial charge >= 0.3 is 6.03 Å². The van der Waals surface area contributed by atoms with Gasteiger partial charge < -0.3 is 16.4 Å². The van der Waals surface area contributed by atoms with Gasteiger partial charge in [0.1, 0.15) is 0 Å². The van der Waals surface area contributed by atoms with E-state index in [9.17, 15) is 4.79 Å². The second kappa shape index (κ2) is 7.51. The van der Waals surface area contributed by atoms with E-state index in [-0.39, 0.29) is 6.03 Å². The number of nitrogens with two attached hydrogens (primary N) is 1. The molecular formula is C11H23N3O. The van der Waals surface area contributed by atoms with Crippen LogP contribution in [0.4, 0.5) is 4.79 Å². The zero-order valence-corrected chi connectivity index (χ0v) is 9.43. The standard InChI is InChI=1S/C11H23N3O/c12-8-4-5-9-13-11(15)14-10-6-2-1-3-7-10/h10H,1-9,12H2,(H2,13,14,15). The van der Waals surface area contributed by atoms with Crippen LogP contribution in [0.1, 0.15) is 44.9 Å². The Balaban J connectivity index is 2.01. The Kier molecular flexibility index (Phi) is 6.16. The first kappa shape index (κ1) is 12.3. The molecule has 0 atom stereocenters. The molecule has 0 spiro atoms. The zero-order valence-electron chi connectivity index (χ0n) is 9.43. The molecule has 15 heavy (non-hydrogen) atoms. The highest BCUT2D eigenvalue weighted by molar-refractivity contribution is 5.74. The molecule has 88 valence electrons. The molecule has 1 saturated carbocycles. The van der Waals surface area contributed by atoms with Gasteiger partial charge in [-0.2, -0.15) is 0 Å². The highest BCUT2D eigenvalue weighted by Crippen LogP contribution is 2.16. The molecule has 0 saturated heterocycles. The summed E-state index contributed by atoms with van der Waals surface area (Å²) in [6.45, 7) is 1.43. The average Bonchev–Trinajstić information content (AvgIpc) is 2.26. The molecule has 0 bridgehead atoms. The molecule has 4 heteroatoms. The second-order valence-electron chi connectivity index (χ2n) is 4.23. The molecule has 0 aromatic heterocycles. The van der Waals surface area contributed by atoms with Crippen molar-refractivity contribution in [2.24, 2.45) is 5.73 Å². The predicted octanol–water partition coefficient (Wildman–Crippen LogP) is 1.36. The molecule has 0 heterocycles. The number of carbonyl (C=O) groups is 1. The second-order valence-corrected chi connectivity index (χ2v) is 4.23. The first-order chi connectivity index (χ1) is 7.33. The van der Waals surface area contributed by atoms with E-state index in [0.29, 0.717) is 12.6 Å². The Morgan fingerprint density at radius 1 is 1.20 bits per heavy atom. The summed E-state index contributed by atoms with van der Waals surface area (Å²) in [4.78, 5) is 11.4. The van der Waals surface area contributed by atoms with Gasteiger partial charge in [-0.25, -0.2) is 4.79 Å². The smallest absolute Gasteiger partial charge is 0.315 e. The lowest BCUT2D eigenvalue weighted by Gasteiger charge is -2.22. The van der Waals surface area contributed by atoms with Gasteiger partial charge in [0.05, 0.1) is 0 Å². The lowest BCUT2D eigenvalue weighted by atomic mass is 9.96. The highest BCUT2D eigenvalue weighted by atomic mass is 16.2. The van der Waals surface area contributed by atoms with Crippen LogP contribution in [0.3, 0.4) is 0 Å². The number of urea groups is 1. The van der Waals surface area contributed by atoms with Crippen molar-refractivity contribution >= 4 is 6.03 Å². The van der Waals surface area contributed by atoms with Gasteiger partial charge in [-0.05, 0) is 32.2 Å². The van der Waals surface area contributed by atoms with Gasteiger partial charge in [0.25, 0.3) is 0 Å². The fourth-order valence-electron chi connectivity index (χ4n) is 1.95. The fraction of sp³-hybridized carbons (Fsp3) is 0.909. The summed E-state index contributed by atoms with van der Waals surface area (Å²) >= 11 is 0. The molecule has 1 rings (SSSR count). The van der Waals surface area contributed by atoms with Crippen LogP contribution in [0, 0.1) is 0 Å². The van der Waals surface area contributed by atoms with Crippen molar-refractivity contribution in [3.05, 3.63) is 0 Å². The van der Waals surface area contributed by atoms with Gasteiger partial charge in [-0.15, -0.1) is 0 Å². The summed E-state index contributed by atoms with van der Waals surface area (Å²) in [5.74, 6) is 0. The van der Waals surface area contributed by atoms with Crippen LogP contribution in [0.25, 0.3) is 0 Å². The third kappa shape index (κ3) is 5.62. The Hall–Kier alpha value is -0.770. The number of unbranched alkanes of at least 4 members (excludes halogenated alkanes) is 1. The van der Waals surface area contributed by atoms with Crippen LogP contribution < -0.4 is 16.4 Å². The molecule has 4 nitrogen and oxygen atoms in total. The molecule has 0 aliphatic heterocycles. The monoisotopic (exact) mass is 213 g/mol. The first-order valence-electron chi connectivity index (χ1n) is 6.07. The van der Waals surface area contributed by atoms with Crippen LogP contribution in [-0.2, 0) is 0 Å². The van der Waals surface area contributed by atoms with Crippen LogP contribution >= 0.6 is 0 Å². The van der Waals surface area contributed by atoms with Gasteiger partial charge in [0.2, 0.25) is 0 Å². The summed E-state index contributed by atoms with van der Waals surface area (Å²) in [5.41, 5.74) is 5.37. The minimum atomic E-state index is -0.0149. The molecular weight excluding hydrogens is 190 g/mol. The lowest BCUT2D eigenvalue weighted by molar-refractivity contribution is 0.232. The molecule has 0 aromatic carbocycles. The molecule has 2 amide bonds. The number of amides is 2. The van der Waals surface area contributed by atoms with Crippen molar-refractivity contribution < 1.29 is 4.79 Å². The van der Waals surface area contributed by atoms with Crippen molar-refractivity contribution in [2.75, 3.05) is 13.1 Å². The van der Waals surface area contributed by atoms with Crippen molar-refractivity contribution in [1.82, 2.24) is 10.6 Å². The Morgan fingerprint density at radius 2 is 1.93 bits per heavy atom. The topological polar surface area (TPSA) is 67.1 Å². The Morgan fingerprint density at radius 3 is 2.60 bits per heavy atom. The minimum Gasteiger partial charge on any atom is -0.338 e. The third-order valence-corrected chi connectivity index (χ3v) is 2.86. The Labute approximate surface area is 92.0 Å². The normalized spacial score (nSPS) is 17.4. The van der Waals surface area contributed by atoms with E-state index in [0.717, 1.165) is 32.2 Å². The molecule has 1 fully saturated rings. The number of nitrogens with one attached hydrogen (secondary N) is 2.